The van der Waals surface area contributed by atoms with Crippen molar-refractivity contribution in [1.82, 2.24) is 10.6 Å². The maximum absolute atomic E-state index is 3.20. The van der Waals surface area contributed by atoms with Crippen molar-refractivity contribution in [2.45, 2.75) is 4.05 Å². The van der Waals surface area contributed by atoms with E-state index in [0.717, 1.165) is 10.2 Å². The van der Waals surface area contributed by atoms with Crippen LogP contribution in [0.25, 0.3) is 0 Å². The molecule has 0 amide bonds. The number of allylic oxidation sites excluding steroid dienone is 1. The Labute approximate surface area is 87.8 Å². The molecule has 10 heavy (non-hydrogen) atoms. The highest BCUT2D eigenvalue weighted by molar-refractivity contribution is 14.1. The average Bonchev–Trinajstić information content (AvgIpc) is 1.95. The highest BCUT2D eigenvalue weighted by Gasteiger charge is 2.00. The third kappa shape index (κ3) is 2.65. The molecule has 1 atom stereocenters. The van der Waals surface area contributed by atoms with Crippen LogP contribution in [-0.4, -0.2) is 8.60 Å². The predicted molar refractivity (Wildman–Crippen MR) is 60.2 cm³/mol. The van der Waals surface area contributed by atoms with Gasteiger partial charge < -0.3 is 10.6 Å². The third-order valence-electron chi connectivity index (χ3n) is 1.11. The first-order valence-corrected chi connectivity index (χ1v) is 5.68. The molecule has 2 N–H and O–H groups in total. The average molecular weight is 362 g/mol. The van der Waals surface area contributed by atoms with E-state index in [4.69, 9.17) is 0 Å². The molecule has 0 fully saturated rings. The van der Waals surface area contributed by atoms with Gasteiger partial charge in [0.25, 0.3) is 0 Å². The van der Waals surface area contributed by atoms with Crippen molar-refractivity contribution in [1.29, 1.82) is 0 Å². The zero-order valence-electron chi connectivity index (χ0n) is 5.27. The predicted octanol–water partition coefficient (Wildman–Crippen LogP) is 1.73. The fourth-order valence-electron chi connectivity index (χ4n) is 0.648. The van der Waals surface area contributed by atoms with Crippen molar-refractivity contribution in [3.05, 3.63) is 24.0 Å². The summed E-state index contributed by atoms with van der Waals surface area (Å²) in [5.41, 5.74) is 1.15. The second-order valence-electron chi connectivity index (χ2n) is 1.84. The Kier molecular flexibility index (Phi) is 3.82. The molecular formula is C6H8I2N2. The number of nitrogens with one attached hydrogen (secondary N) is 2. The summed E-state index contributed by atoms with van der Waals surface area (Å²) in [5, 5.41) is 6.39. The highest BCUT2D eigenvalue weighted by atomic mass is 127. The van der Waals surface area contributed by atoms with Crippen LogP contribution in [0.4, 0.5) is 0 Å². The Hall–Kier alpha value is 0.540. The van der Waals surface area contributed by atoms with Crippen LogP contribution in [0.5, 0.6) is 0 Å². The normalized spacial score (nSPS) is 23.4. The topological polar surface area (TPSA) is 24.1 Å². The molecule has 0 spiro atoms. The molecule has 0 aromatic carbocycles. The number of halogens is 2. The van der Waals surface area contributed by atoms with Gasteiger partial charge in [0.15, 0.2) is 0 Å². The Bertz CT molecular complexity index is 165. The van der Waals surface area contributed by atoms with E-state index in [0.29, 0.717) is 4.05 Å². The molecular weight excluding hydrogens is 354 g/mol. The van der Waals surface area contributed by atoms with E-state index < -0.39 is 0 Å². The summed E-state index contributed by atoms with van der Waals surface area (Å²) in [6, 6.07) is 0. The van der Waals surface area contributed by atoms with Gasteiger partial charge in [-0.3, -0.25) is 0 Å². The number of hydrogen-bond acceptors (Lipinski definition) is 2. The van der Waals surface area contributed by atoms with E-state index >= 15 is 0 Å². The van der Waals surface area contributed by atoms with Crippen LogP contribution in [0, 0.1) is 0 Å². The first kappa shape index (κ1) is 8.63. The van der Waals surface area contributed by atoms with Gasteiger partial charge in [0.2, 0.25) is 0 Å². The van der Waals surface area contributed by atoms with E-state index in [9.17, 15) is 0 Å². The molecule has 1 aliphatic rings. The van der Waals surface area contributed by atoms with Crippen LogP contribution in [-0.2, 0) is 0 Å². The summed E-state index contributed by atoms with van der Waals surface area (Å²) in [5.74, 6) is 0. The maximum Gasteiger partial charge on any atom is 0.0967 e. The van der Waals surface area contributed by atoms with Gasteiger partial charge in [-0.15, -0.1) is 0 Å². The summed E-state index contributed by atoms with van der Waals surface area (Å²) < 4.78 is 1.39. The molecule has 1 aliphatic heterocycles. The minimum absolute atomic E-state index is 0.442. The molecule has 56 valence electrons. The fraction of sp³-hybridized carbons (Fsp3) is 0.333. The molecule has 1 rings (SSSR count). The van der Waals surface area contributed by atoms with Crippen LogP contribution in [0.15, 0.2) is 24.0 Å². The minimum Gasteiger partial charge on any atom is -0.375 e. The van der Waals surface area contributed by atoms with Crippen molar-refractivity contribution in [3.63, 3.8) is 0 Å². The van der Waals surface area contributed by atoms with Gasteiger partial charge in [-0.05, 0) is 6.08 Å². The quantitative estimate of drug-likeness (QED) is 0.444. The second-order valence-corrected chi connectivity index (χ2v) is 3.94. The third-order valence-corrected chi connectivity index (χ3v) is 2.27. The zero-order chi connectivity index (χ0) is 7.40. The van der Waals surface area contributed by atoms with Crippen molar-refractivity contribution < 1.29 is 0 Å². The van der Waals surface area contributed by atoms with Crippen molar-refractivity contribution >= 4 is 45.2 Å². The molecule has 0 saturated heterocycles. The molecule has 0 aliphatic carbocycles. The standard InChI is InChI=1S/C6H8I2N2/c7-4-10-5-1-2-6(8)9-3-5/h1-3,6,9-10H,4H2. The second kappa shape index (κ2) is 4.42. The van der Waals surface area contributed by atoms with Crippen LogP contribution in [0.3, 0.4) is 0 Å². The summed E-state index contributed by atoms with van der Waals surface area (Å²) in [6.45, 7) is 0. The van der Waals surface area contributed by atoms with E-state index in [2.05, 4.69) is 68.0 Å². The van der Waals surface area contributed by atoms with E-state index in [1.54, 1.807) is 0 Å². The Balaban J connectivity index is 2.42. The Morgan fingerprint density at radius 1 is 1.70 bits per heavy atom. The van der Waals surface area contributed by atoms with Crippen LogP contribution in [0.1, 0.15) is 0 Å². The fourth-order valence-corrected chi connectivity index (χ4v) is 1.48. The maximum atomic E-state index is 3.20. The van der Waals surface area contributed by atoms with Gasteiger partial charge in [0.05, 0.1) is 14.3 Å². The van der Waals surface area contributed by atoms with Gasteiger partial charge in [0.1, 0.15) is 0 Å². The van der Waals surface area contributed by atoms with E-state index in [-0.39, 0.29) is 0 Å². The molecule has 1 heterocycles. The first-order valence-electron chi connectivity index (χ1n) is 2.91. The van der Waals surface area contributed by atoms with Crippen LogP contribution < -0.4 is 10.6 Å². The molecule has 0 bridgehead atoms. The summed E-state index contributed by atoms with van der Waals surface area (Å²) in [7, 11) is 0. The molecule has 2 nitrogen and oxygen atoms in total. The van der Waals surface area contributed by atoms with Gasteiger partial charge in [-0.25, -0.2) is 0 Å². The molecule has 4 heteroatoms. The molecule has 0 aromatic rings. The molecule has 1 unspecified atom stereocenters. The molecule has 0 aromatic heterocycles. The van der Waals surface area contributed by atoms with Gasteiger partial charge >= 0.3 is 0 Å². The van der Waals surface area contributed by atoms with Crippen LogP contribution >= 0.6 is 45.2 Å². The minimum atomic E-state index is 0.442. The smallest absolute Gasteiger partial charge is 0.0967 e. The van der Waals surface area contributed by atoms with Gasteiger partial charge in [-0.1, -0.05) is 51.3 Å². The zero-order valence-corrected chi connectivity index (χ0v) is 9.59. The SMILES string of the molecule is ICNC1=CNC(I)C=C1. The summed E-state index contributed by atoms with van der Waals surface area (Å²) in [6.07, 6.45) is 6.21. The number of alkyl halides is 2. The summed E-state index contributed by atoms with van der Waals surface area (Å²) in [4.78, 5) is 0. The largest absolute Gasteiger partial charge is 0.375 e. The Morgan fingerprint density at radius 3 is 3.00 bits per heavy atom. The van der Waals surface area contributed by atoms with E-state index in [1.807, 2.05) is 6.20 Å². The first-order chi connectivity index (χ1) is 4.83. The number of rotatable bonds is 2. The van der Waals surface area contributed by atoms with Gasteiger partial charge in [0, 0.05) is 6.20 Å². The lowest BCUT2D eigenvalue weighted by molar-refractivity contribution is 0.880. The lowest BCUT2D eigenvalue weighted by atomic mass is 10.3. The van der Waals surface area contributed by atoms with Crippen molar-refractivity contribution in [2.75, 3.05) is 4.55 Å². The number of dihydropyridines is 1. The lowest BCUT2D eigenvalue weighted by Gasteiger charge is -2.13. The lowest BCUT2D eigenvalue weighted by Crippen LogP contribution is -2.22. The monoisotopic (exact) mass is 362 g/mol. The summed E-state index contributed by atoms with van der Waals surface area (Å²) >= 11 is 4.60. The van der Waals surface area contributed by atoms with Crippen molar-refractivity contribution in [2.24, 2.45) is 0 Å². The molecule has 0 radical (unpaired) electrons. The van der Waals surface area contributed by atoms with Gasteiger partial charge in [-0.2, -0.15) is 0 Å². The van der Waals surface area contributed by atoms with E-state index in [1.165, 1.54) is 0 Å². The van der Waals surface area contributed by atoms with Crippen LogP contribution in [0.2, 0.25) is 0 Å². The molecule has 0 saturated carbocycles. The number of hydrogen-bond donors (Lipinski definition) is 2. The Morgan fingerprint density at radius 2 is 2.50 bits per heavy atom. The highest BCUT2D eigenvalue weighted by Crippen LogP contribution is 2.06. The van der Waals surface area contributed by atoms with Crippen molar-refractivity contribution in [3.8, 4) is 0 Å².